The van der Waals surface area contributed by atoms with E-state index in [0.717, 1.165) is 12.3 Å². The van der Waals surface area contributed by atoms with E-state index in [1.165, 1.54) is 19.0 Å². The first-order valence-electron chi connectivity index (χ1n) is 5.47. The number of rotatable bonds is 5. The smallest absolute Gasteiger partial charge is 0.356 e. The van der Waals surface area contributed by atoms with Crippen molar-refractivity contribution in [2.24, 2.45) is 5.92 Å². The van der Waals surface area contributed by atoms with Gasteiger partial charge in [-0.05, 0) is 19.3 Å². The van der Waals surface area contributed by atoms with Gasteiger partial charge >= 0.3 is 5.97 Å². The quantitative estimate of drug-likeness (QED) is 0.792. The van der Waals surface area contributed by atoms with E-state index in [1.54, 1.807) is 6.20 Å². The zero-order valence-electron chi connectivity index (χ0n) is 9.18. The molecule has 1 saturated carbocycles. The lowest BCUT2D eigenvalue weighted by atomic mass is 10.1. The van der Waals surface area contributed by atoms with Crippen molar-refractivity contribution in [3.8, 4) is 0 Å². The Hall–Kier alpha value is -1.65. The van der Waals surface area contributed by atoms with Crippen molar-refractivity contribution in [2.75, 3.05) is 5.32 Å². The van der Waals surface area contributed by atoms with Gasteiger partial charge in [0.05, 0.1) is 12.4 Å². The Morgan fingerprint density at radius 1 is 1.62 bits per heavy atom. The van der Waals surface area contributed by atoms with Gasteiger partial charge in [-0.3, -0.25) is 4.98 Å². The molecule has 0 amide bonds. The molecule has 1 atom stereocenters. The van der Waals surface area contributed by atoms with Crippen LogP contribution < -0.4 is 5.32 Å². The maximum absolute atomic E-state index is 10.7. The normalized spacial score (nSPS) is 16.8. The first kappa shape index (κ1) is 10.9. The van der Waals surface area contributed by atoms with Gasteiger partial charge in [0.1, 0.15) is 5.82 Å². The molecule has 1 aliphatic carbocycles. The molecule has 0 aliphatic heterocycles. The number of nitrogens with one attached hydrogen (secondary N) is 1. The molecule has 0 spiro atoms. The molecule has 1 aliphatic rings. The highest BCUT2D eigenvalue weighted by molar-refractivity contribution is 5.85. The van der Waals surface area contributed by atoms with Crippen LogP contribution in [0.25, 0.3) is 0 Å². The van der Waals surface area contributed by atoms with E-state index in [9.17, 15) is 4.79 Å². The van der Waals surface area contributed by atoms with Crippen molar-refractivity contribution in [3.63, 3.8) is 0 Å². The minimum atomic E-state index is -1.05. The Kier molecular flexibility index (Phi) is 3.03. The first-order chi connectivity index (χ1) is 7.65. The predicted octanol–water partition coefficient (Wildman–Crippen LogP) is 1.78. The lowest BCUT2D eigenvalue weighted by Crippen LogP contribution is -2.17. The third-order valence-corrected chi connectivity index (χ3v) is 2.63. The number of nitrogens with zero attached hydrogens (tertiary/aromatic N) is 2. The highest BCUT2D eigenvalue weighted by atomic mass is 16.4. The lowest BCUT2D eigenvalue weighted by molar-refractivity contribution is 0.0690. The maximum Gasteiger partial charge on any atom is 0.356 e. The first-order valence-corrected chi connectivity index (χ1v) is 5.47. The van der Waals surface area contributed by atoms with E-state index in [4.69, 9.17) is 5.11 Å². The molecule has 1 heterocycles. The number of carbonyl (C=O) groups is 1. The molecule has 1 unspecified atom stereocenters. The molecule has 2 N–H and O–H groups in total. The van der Waals surface area contributed by atoms with Crippen molar-refractivity contribution in [3.05, 3.63) is 18.1 Å². The van der Waals surface area contributed by atoms with Crippen LogP contribution in [-0.4, -0.2) is 27.1 Å². The number of hydrogen-bond donors (Lipinski definition) is 2. The third-order valence-electron chi connectivity index (χ3n) is 2.63. The summed E-state index contributed by atoms with van der Waals surface area (Å²) in [4.78, 5) is 18.5. The van der Waals surface area contributed by atoms with Crippen LogP contribution in [0.4, 0.5) is 5.82 Å². The van der Waals surface area contributed by atoms with Crippen molar-refractivity contribution < 1.29 is 9.90 Å². The molecule has 86 valence electrons. The highest BCUT2D eigenvalue weighted by Gasteiger charge is 2.23. The van der Waals surface area contributed by atoms with E-state index in [1.807, 2.05) is 0 Å². The van der Waals surface area contributed by atoms with Gasteiger partial charge in [-0.1, -0.05) is 12.8 Å². The molecule has 0 radical (unpaired) electrons. The summed E-state index contributed by atoms with van der Waals surface area (Å²) >= 11 is 0. The summed E-state index contributed by atoms with van der Waals surface area (Å²) in [5, 5.41) is 11.9. The summed E-state index contributed by atoms with van der Waals surface area (Å²) in [7, 11) is 0. The Morgan fingerprint density at radius 3 is 3.00 bits per heavy atom. The highest BCUT2D eigenvalue weighted by Crippen LogP contribution is 2.33. The van der Waals surface area contributed by atoms with Crippen molar-refractivity contribution >= 4 is 11.8 Å². The van der Waals surface area contributed by atoms with Gasteiger partial charge in [-0.2, -0.15) is 0 Å². The molecule has 5 heteroatoms. The standard InChI is InChI=1S/C11H15N3O2/c1-7(4-8-2-3-8)13-10-6-12-5-9(14-10)11(15)16/h5-8H,2-4H2,1H3,(H,13,14)(H,15,16). The van der Waals surface area contributed by atoms with E-state index >= 15 is 0 Å². The summed E-state index contributed by atoms with van der Waals surface area (Å²) in [6.07, 6.45) is 6.54. The molecule has 0 saturated heterocycles. The summed E-state index contributed by atoms with van der Waals surface area (Å²) in [6, 6.07) is 0.311. The van der Waals surface area contributed by atoms with Crippen molar-refractivity contribution in [1.82, 2.24) is 9.97 Å². The zero-order valence-corrected chi connectivity index (χ0v) is 9.18. The van der Waals surface area contributed by atoms with Crippen LogP contribution in [0.5, 0.6) is 0 Å². The van der Waals surface area contributed by atoms with Gasteiger partial charge < -0.3 is 10.4 Å². The average molecular weight is 221 g/mol. The monoisotopic (exact) mass is 221 g/mol. The van der Waals surface area contributed by atoms with E-state index in [-0.39, 0.29) is 5.69 Å². The maximum atomic E-state index is 10.7. The van der Waals surface area contributed by atoms with Gasteiger partial charge in [0, 0.05) is 6.04 Å². The topological polar surface area (TPSA) is 75.1 Å². The summed E-state index contributed by atoms with van der Waals surface area (Å²) in [5.74, 6) is 0.317. The van der Waals surface area contributed by atoms with Crippen LogP contribution >= 0.6 is 0 Å². The van der Waals surface area contributed by atoms with Gasteiger partial charge in [-0.15, -0.1) is 0 Å². The van der Waals surface area contributed by atoms with E-state index < -0.39 is 5.97 Å². The Bertz CT molecular complexity index is 391. The largest absolute Gasteiger partial charge is 0.476 e. The zero-order chi connectivity index (χ0) is 11.5. The number of carboxylic acids is 1. The predicted molar refractivity (Wildman–Crippen MR) is 59.4 cm³/mol. The lowest BCUT2D eigenvalue weighted by Gasteiger charge is -2.13. The second kappa shape index (κ2) is 4.47. The molecule has 16 heavy (non-hydrogen) atoms. The SMILES string of the molecule is CC(CC1CC1)Nc1cncc(C(=O)O)n1. The summed E-state index contributed by atoms with van der Waals surface area (Å²) in [5.41, 5.74) is -0.0244. The van der Waals surface area contributed by atoms with Gasteiger partial charge in [-0.25, -0.2) is 9.78 Å². The number of anilines is 1. The third kappa shape index (κ3) is 2.92. The van der Waals surface area contributed by atoms with Crippen LogP contribution in [0.3, 0.4) is 0 Å². The Balaban J connectivity index is 1.96. The average Bonchev–Trinajstić information content (AvgIpc) is 3.01. The van der Waals surface area contributed by atoms with Crippen LogP contribution in [0.2, 0.25) is 0 Å². The van der Waals surface area contributed by atoms with Gasteiger partial charge in [0.2, 0.25) is 0 Å². The minimum Gasteiger partial charge on any atom is -0.476 e. The van der Waals surface area contributed by atoms with Crippen LogP contribution in [0, 0.1) is 5.92 Å². The fourth-order valence-corrected chi connectivity index (χ4v) is 1.70. The number of aromatic nitrogens is 2. The molecular formula is C11H15N3O2. The fraction of sp³-hybridized carbons (Fsp3) is 0.545. The van der Waals surface area contributed by atoms with Crippen molar-refractivity contribution in [1.29, 1.82) is 0 Å². The molecular weight excluding hydrogens is 206 g/mol. The van der Waals surface area contributed by atoms with Crippen LogP contribution in [0.15, 0.2) is 12.4 Å². The molecule has 1 aromatic heterocycles. The van der Waals surface area contributed by atoms with Crippen LogP contribution in [0.1, 0.15) is 36.7 Å². The minimum absolute atomic E-state index is 0.0244. The Labute approximate surface area is 93.9 Å². The molecule has 1 fully saturated rings. The van der Waals surface area contributed by atoms with Crippen molar-refractivity contribution in [2.45, 2.75) is 32.2 Å². The molecule has 1 aromatic rings. The fourth-order valence-electron chi connectivity index (χ4n) is 1.70. The number of hydrogen-bond acceptors (Lipinski definition) is 4. The van der Waals surface area contributed by atoms with Gasteiger partial charge in [0.25, 0.3) is 0 Å². The van der Waals surface area contributed by atoms with E-state index in [0.29, 0.717) is 11.9 Å². The second-order valence-electron chi connectivity index (χ2n) is 4.32. The molecule has 0 bridgehead atoms. The summed E-state index contributed by atoms with van der Waals surface area (Å²) in [6.45, 7) is 2.08. The van der Waals surface area contributed by atoms with E-state index in [2.05, 4.69) is 22.2 Å². The molecule has 0 aromatic carbocycles. The second-order valence-corrected chi connectivity index (χ2v) is 4.32. The molecule has 5 nitrogen and oxygen atoms in total. The Morgan fingerprint density at radius 2 is 2.38 bits per heavy atom. The number of aromatic carboxylic acids is 1. The van der Waals surface area contributed by atoms with Crippen LogP contribution in [-0.2, 0) is 0 Å². The van der Waals surface area contributed by atoms with Gasteiger partial charge in [0.15, 0.2) is 5.69 Å². The molecule has 2 rings (SSSR count). The number of carboxylic acid groups (broad SMARTS) is 1. The summed E-state index contributed by atoms with van der Waals surface area (Å²) < 4.78 is 0.